The second-order valence-corrected chi connectivity index (χ2v) is 8.73. The lowest BCUT2D eigenvalue weighted by Crippen LogP contribution is -2.40. The lowest BCUT2D eigenvalue weighted by Gasteiger charge is -2.25. The van der Waals surface area contributed by atoms with Crippen LogP contribution in [0, 0.1) is 0 Å². The second-order valence-electron chi connectivity index (χ2n) is 6.34. The zero-order valence-corrected chi connectivity index (χ0v) is 18.1. The number of hydrogen-bond acceptors (Lipinski definition) is 6. The first kappa shape index (κ1) is 19.8. The van der Waals surface area contributed by atoms with Crippen LogP contribution in [0.25, 0.3) is 6.08 Å². The van der Waals surface area contributed by atoms with Crippen molar-refractivity contribution in [1.29, 1.82) is 0 Å². The molecule has 1 atom stereocenters. The summed E-state index contributed by atoms with van der Waals surface area (Å²) in [5.41, 5.74) is 1.31. The fraction of sp³-hybridized carbons (Fsp3) is 0.190. The number of aromatic nitrogens is 1. The molecule has 0 N–H and O–H groups in total. The molecule has 5 nitrogen and oxygen atoms in total. The van der Waals surface area contributed by atoms with Gasteiger partial charge in [-0.15, -0.1) is 11.3 Å². The molecule has 4 rings (SSSR count). The molecule has 0 aliphatic carbocycles. The quantitative estimate of drug-likeness (QED) is 0.578. The summed E-state index contributed by atoms with van der Waals surface area (Å²) in [6, 6.07) is 10.4. The number of fused-ring (bicyclic) bond motifs is 1. The molecule has 8 heteroatoms. The Bertz CT molecular complexity index is 1290. The average Bonchev–Trinajstić information content (AvgIpc) is 3.30. The number of nitrogens with zero attached hydrogens (tertiary/aromatic N) is 2. The van der Waals surface area contributed by atoms with Crippen LogP contribution in [0.4, 0.5) is 0 Å². The molecule has 1 aromatic carbocycles. The van der Waals surface area contributed by atoms with Crippen molar-refractivity contribution >= 4 is 46.3 Å². The Morgan fingerprint density at radius 3 is 2.79 bits per heavy atom. The Balaban J connectivity index is 2.00. The van der Waals surface area contributed by atoms with Gasteiger partial charge in [0.05, 0.1) is 22.4 Å². The number of hydrogen-bond donors (Lipinski definition) is 0. The fourth-order valence-corrected chi connectivity index (χ4v) is 5.29. The maximum absolute atomic E-state index is 13.3. The van der Waals surface area contributed by atoms with Gasteiger partial charge >= 0.3 is 5.97 Å². The standard InChI is InChI=1S/C21H17ClN2O3S2/c1-3-27-20(26)17-12(2)23-21-24(18(17)14-8-4-5-9-15(14)22)19(25)16(29-21)11-13-7-6-10-28-13/h4-11,18H,3H2,1-2H3/t18-/m1/s1. The van der Waals surface area contributed by atoms with Gasteiger partial charge in [-0.05, 0) is 43.0 Å². The van der Waals surface area contributed by atoms with E-state index >= 15 is 0 Å². The molecule has 0 bridgehead atoms. The molecular weight excluding hydrogens is 428 g/mol. The summed E-state index contributed by atoms with van der Waals surface area (Å²) in [4.78, 5) is 32.2. The van der Waals surface area contributed by atoms with Crippen molar-refractivity contribution in [3.8, 4) is 0 Å². The molecule has 29 heavy (non-hydrogen) atoms. The number of esters is 1. The molecule has 0 spiro atoms. The predicted molar refractivity (Wildman–Crippen MR) is 116 cm³/mol. The van der Waals surface area contributed by atoms with E-state index in [-0.39, 0.29) is 12.2 Å². The molecule has 0 amide bonds. The molecule has 3 heterocycles. The van der Waals surface area contributed by atoms with E-state index in [4.69, 9.17) is 16.3 Å². The number of benzene rings is 1. The number of halogens is 1. The van der Waals surface area contributed by atoms with E-state index in [1.807, 2.05) is 41.8 Å². The maximum Gasteiger partial charge on any atom is 0.338 e. The zero-order valence-electron chi connectivity index (χ0n) is 15.7. The highest BCUT2D eigenvalue weighted by Crippen LogP contribution is 2.34. The first-order valence-electron chi connectivity index (χ1n) is 8.99. The highest BCUT2D eigenvalue weighted by molar-refractivity contribution is 7.11. The predicted octanol–water partition coefficient (Wildman–Crippen LogP) is 3.51. The van der Waals surface area contributed by atoms with Crippen LogP contribution in [0.1, 0.15) is 30.3 Å². The highest BCUT2D eigenvalue weighted by atomic mass is 35.5. The van der Waals surface area contributed by atoms with Crippen molar-refractivity contribution in [1.82, 2.24) is 4.57 Å². The Morgan fingerprint density at radius 1 is 1.31 bits per heavy atom. The van der Waals surface area contributed by atoms with Gasteiger partial charge in [0, 0.05) is 9.90 Å². The Kier molecular flexibility index (Phi) is 5.54. The fourth-order valence-electron chi connectivity index (χ4n) is 3.29. The van der Waals surface area contributed by atoms with E-state index in [1.54, 1.807) is 35.8 Å². The van der Waals surface area contributed by atoms with E-state index in [9.17, 15) is 9.59 Å². The van der Waals surface area contributed by atoms with Gasteiger partial charge in [-0.2, -0.15) is 0 Å². The van der Waals surface area contributed by atoms with Crippen LogP contribution in [-0.2, 0) is 9.53 Å². The maximum atomic E-state index is 13.3. The number of thiazole rings is 1. The Hall–Kier alpha value is -2.48. The third-order valence-electron chi connectivity index (χ3n) is 4.53. The van der Waals surface area contributed by atoms with E-state index in [1.165, 1.54) is 11.3 Å². The molecule has 148 valence electrons. The number of thiophene rings is 1. The topological polar surface area (TPSA) is 60.7 Å². The van der Waals surface area contributed by atoms with Crippen molar-refractivity contribution in [3.63, 3.8) is 0 Å². The van der Waals surface area contributed by atoms with Gasteiger partial charge in [0.2, 0.25) is 0 Å². The summed E-state index contributed by atoms with van der Waals surface area (Å²) >= 11 is 9.32. The van der Waals surface area contributed by atoms with E-state index < -0.39 is 12.0 Å². The molecule has 0 unspecified atom stereocenters. The molecule has 3 aromatic rings. The van der Waals surface area contributed by atoms with Gasteiger partial charge in [-0.1, -0.05) is 47.2 Å². The van der Waals surface area contributed by atoms with E-state index in [2.05, 4.69) is 4.99 Å². The minimum atomic E-state index is -0.690. The molecular formula is C21H17ClN2O3S2. The monoisotopic (exact) mass is 444 g/mol. The highest BCUT2D eigenvalue weighted by Gasteiger charge is 2.34. The Labute approximate surface area is 179 Å². The number of allylic oxidation sites excluding steroid dienone is 1. The van der Waals surface area contributed by atoms with Crippen LogP contribution in [0.5, 0.6) is 0 Å². The van der Waals surface area contributed by atoms with Crippen LogP contribution >= 0.6 is 34.3 Å². The molecule has 0 fully saturated rings. The van der Waals surface area contributed by atoms with Crippen molar-refractivity contribution in [2.24, 2.45) is 4.99 Å². The third-order valence-corrected chi connectivity index (χ3v) is 6.68. The van der Waals surface area contributed by atoms with Crippen molar-refractivity contribution in [2.45, 2.75) is 19.9 Å². The minimum Gasteiger partial charge on any atom is -0.463 e. The van der Waals surface area contributed by atoms with Gasteiger partial charge in [-0.3, -0.25) is 9.36 Å². The molecule has 1 aliphatic heterocycles. The summed E-state index contributed by atoms with van der Waals surface area (Å²) in [5.74, 6) is -0.494. The molecule has 0 saturated carbocycles. The number of carbonyl (C=O) groups excluding carboxylic acids is 1. The van der Waals surface area contributed by atoms with E-state index in [0.29, 0.717) is 31.2 Å². The van der Waals surface area contributed by atoms with Crippen LogP contribution < -0.4 is 14.9 Å². The average molecular weight is 445 g/mol. The Morgan fingerprint density at radius 2 is 2.10 bits per heavy atom. The van der Waals surface area contributed by atoms with Gasteiger partial charge in [0.1, 0.15) is 6.04 Å². The lowest BCUT2D eigenvalue weighted by molar-refractivity contribution is -0.139. The smallest absolute Gasteiger partial charge is 0.338 e. The minimum absolute atomic E-state index is 0.207. The van der Waals surface area contributed by atoms with E-state index in [0.717, 1.165) is 4.88 Å². The summed E-state index contributed by atoms with van der Waals surface area (Å²) in [6.45, 7) is 3.73. The summed E-state index contributed by atoms with van der Waals surface area (Å²) in [5, 5.41) is 2.43. The molecule has 1 aliphatic rings. The lowest BCUT2D eigenvalue weighted by atomic mass is 9.96. The number of ether oxygens (including phenoxy) is 1. The third kappa shape index (κ3) is 3.61. The largest absolute Gasteiger partial charge is 0.463 e. The van der Waals surface area contributed by atoms with Crippen molar-refractivity contribution < 1.29 is 9.53 Å². The van der Waals surface area contributed by atoms with Gasteiger partial charge in [-0.25, -0.2) is 9.79 Å². The summed E-state index contributed by atoms with van der Waals surface area (Å²) in [6.07, 6.45) is 1.85. The van der Waals surface area contributed by atoms with Crippen LogP contribution in [0.15, 0.2) is 62.8 Å². The van der Waals surface area contributed by atoms with Gasteiger partial charge < -0.3 is 4.74 Å². The zero-order chi connectivity index (χ0) is 20.5. The van der Waals surface area contributed by atoms with Crippen molar-refractivity contribution in [2.75, 3.05) is 6.61 Å². The van der Waals surface area contributed by atoms with Gasteiger partial charge in [0.15, 0.2) is 4.80 Å². The van der Waals surface area contributed by atoms with Crippen LogP contribution in [-0.4, -0.2) is 17.1 Å². The molecule has 0 radical (unpaired) electrons. The van der Waals surface area contributed by atoms with Gasteiger partial charge in [0.25, 0.3) is 5.56 Å². The summed E-state index contributed by atoms with van der Waals surface area (Å²) < 4.78 is 7.38. The normalized spacial score (nSPS) is 16.5. The van der Waals surface area contributed by atoms with Crippen molar-refractivity contribution in [3.05, 3.63) is 88.2 Å². The number of carbonyl (C=O) groups is 1. The first-order valence-corrected chi connectivity index (χ1v) is 11.1. The number of rotatable bonds is 4. The van der Waals surface area contributed by atoms with Crippen LogP contribution in [0.2, 0.25) is 5.02 Å². The van der Waals surface area contributed by atoms with Crippen LogP contribution in [0.3, 0.4) is 0 Å². The molecule has 0 saturated heterocycles. The first-order chi connectivity index (χ1) is 14.0. The summed E-state index contributed by atoms with van der Waals surface area (Å²) in [7, 11) is 0. The SMILES string of the molecule is CCOC(=O)C1=C(C)N=c2sc(=Cc3cccs3)c(=O)n2[C@@H]1c1ccccc1Cl. The molecule has 2 aromatic heterocycles. The second kappa shape index (κ2) is 8.10.